The molecule has 24 heavy (non-hydrogen) atoms. The van der Waals surface area contributed by atoms with Crippen molar-refractivity contribution < 1.29 is 0 Å². The molecule has 1 aromatic carbocycles. The van der Waals surface area contributed by atoms with E-state index in [0.29, 0.717) is 0 Å². The summed E-state index contributed by atoms with van der Waals surface area (Å²) in [6.07, 6.45) is 2.06. The van der Waals surface area contributed by atoms with Gasteiger partial charge >= 0.3 is 0 Å². The van der Waals surface area contributed by atoms with Crippen LogP contribution in [0.15, 0.2) is 30.3 Å². The molecule has 4 aromatic rings. The lowest BCUT2D eigenvalue weighted by Crippen LogP contribution is -1.96. The molecule has 0 N–H and O–H groups in total. The van der Waals surface area contributed by atoms with E-state index in [9.17, 15) is 0 Å². The highest BCUT2D eigenvalue weighted by atomic mass is 32.1. The Labute approximate surface area is 143 Å². The smallest absolute Gasteiger partial charge is 0.235 e. The summed E-state index contributed by atoms with van der Waals surface area (Å²) < 4.78 is 3.71. The molecule has 0 saturated carbocycles. The van der Waals surface area contributed by atoms with Crippen LogP contribution in [-0.4, -0.2) is 29.6 Å². The van der Waals surface area contributed by atoms with E-state index in [1.54, 1.807) is 0 Å². The first-order chi connectivity index (χ1) is 11.7. The Morgan fingerprint density at radius 3 is 2.62 bits per heavy atom. The molecule has 0 amide bonds. The molecule has 0 aliphatic rings. The van der Waals surface area contributed by atoms with Crippen LogP contribution in [0.2, 0.25) is 0 Å². The minimum Gasteiger partial charge on any atom is -0.265 e. The van der Waals surface area contributed by atoms with Crippen LogP contribution in [-0.2, 0) is 13.5 Å². The van der Waals surface area contributed by atoms with Crippen LogP contribution in [0, 0.1) is 6.92 Å². The fourth-order valence-corrected chi connectivity index (χ4v) is 3.59. The standard InChI is InChI=1S/C17H18N6S/c1-4-5-13-10-14(22(3)20-13)16-21-23-15(18-19-17(23)24-16)12-8-6-11(2)7-9-12/h6-10H,4-5H2,1-3H3. The fourth-order valence-electron chi connectivity index (χ4n) is 2.71. The topological polar surface area (TPSA) is 60.9 Å². The van der Waals surface area contributed by atoms with Gasteiger partial charge < -0.3 is 0 Å². The Morgan fingerprint density at radius 2 is 1.88 bits per heavy atom. The summed E-state index contributed by atoms with van der Waals surface area (Å²) >= 11 is 1.53. The van der Waals surface area contributed by atoms with E-state index in [-0.39, 0.29) is 0 Å². The van der Waals surface area contributed by atoms with Crippen LogP contribution >= 0.6 is 11.3 Å². The van der Waals surface area contributed by atoms with Crippen molar-refractivity contribution in [2.24, 2.45) is 7.05 Å². The SMILES string of the molecule is CCCc1cc(-c2nn3c(-c4ccc(C)cc4)nnc3s2)n(C)n1. The second-order valence-electron chi connectivity index (χ2n) is 5.89. The lowest BCUT2D eigenvalue weighted by molar-refractivity contribution is 0.737. The molecule has 0 aliphatic carbocycles. The van der Waals surface area contributed by atoms with Crippen molar-refractivity contribution in [3.8, 4) is 22.1 Å². The normalized spacial score (nSPS) is 11.5. The molecule has 0 radical (unpaired) electrons. The van der Waals surface area contributed by atoms with Gasteiger partial charge in [0.1, 0.15) is 0 Å². The minimum atomic E-state index is 0.767. The Morgan fingerprint density at radius 1 is 1.08 bits per heavy atom. The second-order valence-corrected chi connectivity index (χ2v) is 6.84. The van der Waals surface area contributed by atoms with Gasteiger partial charge in [0.15, 0.2) is 10.8 Å². The Kier molecular flexibility index (Phi) is 3.65. The van der Waals surface area contributed by atoms with Crippen LogP contribution in [0.1, 0.15) is 24.6 Å². The van der Waals surface area contributed by atoms with Gasteiger partial charge in [0.25, 0.3) is 0 Å². The molecule has 0 saturated heterocycles. The molecule has 4 rings (SSSR count). The molecule has 0 aliphatic heterocycles. The van der Waals surface area contributed by atoms with Crippen LogP contribution in [0.25, 0.3) is 27.1 Å². The highest BCUT2D eigenvalue weighted by molar-refractivity contribution is 7.19. The zero-order valence-corrected chi connectivity index (χ0v) is 14.7. The molecule has 0 atom stereocenters. The van der Waals surface area contributed by atoms with E-state index >= 15 is 0 Å². The van der Waals surface area contributed by atoms with Crippen LogP contribution < -0.4 is 0 Å². The third kappa shape index (κ3) is 2.50. The quantitative estimate of drug-likeness (QED) is 0.571. The third-order valence-corrected chi connectivity index (χ3v) is 4.88. The van der Waals surface area contributed by atoms with Crippen molar-refractivity contribution in [2.45, 2.75) is 26.7 Å². The Hall–Kier alpha value is -2.54. The molecule has 3 aromatic heterocycles. The van der Waals surface area contributed by atoms with Gasteiger partial charge in [0.2, 0.25) is 4.96 Å². The molecular weight excluding hydrogens is 320 g/mol. The molecule has 6 nitrogen and oxygen atoms in total. The van der Waals surface area contributed by atoms with E-state index in [1.165, 1.54) is 16.9 Å². The minimum absolute atomic E-state index is 0.767. The van der Waals surface area contributed by atoms with Gasteiger partial charge in [-0.05, 0) is 19.4 Å². The van der Waals surface area contributed by atoms with Crippen molar-refractivity contribution in [2.75, 3.05) is 0 Å². The summed E-state index contributed by atoms with van der Waals surface area (Å²) in [5.41, 5.74) is 4.35. The van der Waals surface area contributed by atoms with E-state index in [1.807, 2.05) is 28.4 Å². The summed E-state index contributed by atoms with van der Waals surface area (Å²) in [6, 6.07) is 10.4. The van der Waals surface area contributed by atoms with Crippen molar-refractivity contribution in [3.63, 3.8) is 0 Å². The summed E-state index contributed by atoms with van der Waals surface area (Å²) in [5, 5.41) is 18.8. The average Bonchev–Trinajstić information content (AvgIpc) is 3.22. The summed E-state index contributed by atoms with van der Waals surface area (Å²) in [5.74, 6) is 0.767. The van der Waals surface area contributed by atoms with Crippen molar-refractivity contribution >= 4 is 16.3 Å². The number of aromatic nitrogens is 6. The molecule has 0 bridgehead atoms. The Bertz CT molecular complexity index is 992. The van der Waals surface area contributed by atoms with Crippen LogP contribution in [0.3, 0.4) is 0 Å². The maximum absolute atomic E-state index is 4.73. The predicted molar refractivity (Wildman–Crippen MR) is 95.0 cm³/mol. The van der Waals surface area contributed by atoms with Crippen LogP contribution in [0.4, 0.5) is 0 Å². The first-order valence-corrected chi connectivity index (χ1v) is 8.80. The van der Waals surface area contributed by atoms with E-state index in [4.69, 9.17) is 5.10 Å². The monoisotopic (exact) mass is 338 g/mol. The van der Waals surface area contributed by atoms with Gasteiger partial charge in [-0.15, -0.1) is 10.2 Å². The number of hydrogen-bond donors (Lipinski definition) is 0. The maximum Gasteiger partial charge on any atom is 0.235 e. The van der Waals surface area contributed by atoms with Crippen LogP contribution in [0.5, 0.6) is 0 Å². The second kappa shape index (κ2) is 5.83. The third-order valence-electron chi connectivity index (χ3n) is 3.96. The zero-order chi connectivity index (χ0) is 16.7. The number of hydrogen-bond acceptors (Lipinski definition) is 5. The molecule has 3 heterocycles. The van der Waals surface area contributed by atoms with Gasteiger partial charge in [-0.1, -0.05) is 54.5 Å². The molecule has 0 fully saturated rings. The lowest BCUT2D eigenvalue weighted by atomic mass is 10.1. The highest BCUT2D eigenvalue weighted by Gasteiger charge is 2.17. The van der Waals surface area contributed by atoms with Crippen molar-refractivity contribution in [1.29, 1.82) is 0 Å². The van der Waals surface area contributed by atoms with Crippen molar-refractivity contribution in [3.05, 3.63) is 41.6 Å². The molecular formula is C17H18N6S. The average molecular weight is 338 g/mol. The lowest BCUT2D eigenvalue weighted by Gasteiger charge is -1.98. The van der Waals surface area contributed by atoms with Crippen molar-refractivity contribution in [1.82, 2.24) is 29.6 Å². The molecule has 122 valence electrons. The number of rotatable bonds is 4. The Balaban J connectivity index is 1.78. The number of fused-ring (bicyclic) bond motifs is 1. The highest BCUT2D eigenvalue weighted by Crippen LogP contribution is 2.28. The summed E-state index contributed by atoms with van der Waals surface area (Å²) in [6.45, 7) is 4.23. The summed E-state index contributed by atoms with van der Waals surface area (Å²) in [4.78, 5) is 0.791. The largest absolute Gasteiger partial charge is 0.265 e. The van der Waals surface area contributed by atoms with E-state index in [2.05, 4.69) is 47.3 Å². The first kappa shape index (κ1) is 15.0. The fraction of sp³-hybridized carbons (Fsp3) is 0.294. The maximum atomic E-state index is 4.73. The molecule has 0 unspecified atom stereocenters. The number of benzene rings is 1. The zero-order valence-electron chi connectivity index (χ0n) is 13.9. The number of nitrogens with zero attached hydrogens (tertiary/aromatic N) is 6. The van der Waals surface area contributed by atoms with Gasteiger partial charge in [0.05, 0.1) is 11.4 Å². The van der Waals surface area contributed by atoms with Gasteiger partial charge in [-0.3, -0.25) is 4.68 Å². The number of aryl methyl sites for hydroxylation is 3. The molecule has 0 spiro atoms. The molecule has 7 heteroatoms. The van der Waals surface area contributed by atoms with E-state index < -0.39 is 0 Å². The predicted octanol–water partition coefficient (Wildman–Crippen LogP) is 3.51. The first-order valence-electron chi connectivity index (χ1n) is 7.98. The van der Waals surface area contributed by atoms with E-state index in [0.717, 1.165) is 45.6 Å². The van der Waals surface area contributed by atoms with Gasteiger partial charge in [-0.25, -0.2) is 0 Å². The summed E-state index contributed by atoms with van der Waals surface area (Å²) in [7, 11) is 1.96. The van der Waals surface area contributed by atoms with Gasteiger partial charge in [0, 0.05) is 12.6 Å². The van der Waals surface area contributed by atoms with Gasteiger partial charge in [-0.2, -0.15) is 14.7 Å².